The second kappa shape index (κ2) is 5.81. The third-order valence-electron chi connectivity index (χ3n) is 4.04. The minimum Gasteiger partial charge on any atom is -0.388 e. The molecule has 0 unspecified atom stereocenters. The molecule has 1 fully saturated rings. The number of nitrogens with zero attached hydrogens (tertiary/aromatic N) is 1. The third kappa shape index (κ3) is 3.11. The molecule has 5 nitrogen and oxygen atoms in total. The predicted octanol–water partition coefficient (Wildman–Crippen LogP) is 1.66. The summed E-state index contributed by atoms with van der Waals surface area (Å²) in [5.74, 6) is 5.31. The summed E-state index contributed by atoms with van der Waals surface area (Å²) in [6.45, 7) is 2.29. The maximum atomic E-state index is 12.4. The normalized spacial score (nSPS) is 17.0. The summed E-state index contributed by atoms with van der Waals surface area (Å²) in [6.07, 6.45) is 3.63. The van der Waals surface area contributed by atoms with Crippen molar-refractivity contribution in [1.82, 2.24) is 4.90 Å². The van der Waals surface area contributed by atoms with Crippen molar-refractivity contribution in [2.45, 2.75) is 38.2 Å². The molecule has 0 radical (unpaired) electrons. The van der Waals surface area contributed by atoms with Crippen LogP contribution >= 0.6 is 0 Å². The Kier molecular flexibility index (Phi) is 4.30. The molecule has 2 rings (SSSR count). The monoisotopic (exact) mass is 277 g/mol. The zero-order valence-electron chi connectivity index (χ0n) is 12.1. The molecule has 0 bridgehead atoms. The van der Waals surface area contributed by atoms with Gasteiger partial charge in [0.1, 0.15) is 0 Å². The highest BCUT2D eigenvalue weighted by Crippen LogP contribution is 2.30. The number of hydrogen-bond acceptors (Lipinski definition) is 4. The number of carbonyl (C=O) groups is 1. The van der Waals surface area contributed by atoms with Crippen LogP contribution in [0.3, 0.4) is 0 Å². The Balaban J connectivity index is 2.08. The lowest BCUT2D eigenvalue weighted by atomic mass is 10.0. The Bertz CT molecular complexity index is 496. The topological polar surface area (TPSA) is 78.6 Å². The van der Waals surface area contributed by atoms with Crippen LogP contribution in [0.4, 0.5) is 5.69 Å². The zero-order valence-corrected chi connectivity index (χ0v) is 12.1. The number of nitrogens with one attached hydrogen (secondary N) is 1. The van der Waals surface area contributed by atoms with E-state index in [1.807, 2.05) is 13.0 Å². The molecule has 0 saturated heterocycles. The molecule has 1 aliphatic carbocycles. The van der Waals surface area contributed by atoms with E-state index in [2.05, 4.69) is 5.43 Å². The number of nitrogen functional groups attached to an aromatic ring is 1. The van der Waals surface area contributed by atoms with Gasteiger partial charge in [-0.1, -0.05) is 12.8 Å². The van der Waals surface area contributed by atoms with Crippen LogP contribution in [-0.2, 0) is 0 Å². The highest BCUT2D eigenvalue weighted by atomic mass is 16.3. The lowest BCUT2D eigenvalue weighted by Crippen LogP contribution is -2.42. The van der Waals surface area contributed by atoms with Gasteiger partial charge in [-0.3, -0.25) is 10.6 Å². The summed E-state index contributed by atoms with van der Waals surface area (Å²) in [7, 11) is 1.74. The average Bonchev–Trinajstić information content (AvgIpc) is 2.84. The van der Waals surface area contributed by atoms with E-state index in [0.29, 0.717) is 12.1 Å². The summed E-state index contributed by atoms with van der Waals surface area (Å²) in [4.78, 5) is 14.0. The van der Waals surface area contributed by atoms with Crippen molar-refractivity contribution in [1.29, 1.82) is 0 Å². The molecule has 1 aliphatic rings. The molecule has 1 amide bonds. The van der Waals surface area contributed by atoms with Crippen LogP contribution in [0.25, 0.3) is 0 Å². The van der Waals surface area contributed by atoms with E-state index in [9.17, 15) is 9.90 Å². The Labute approximate surface area is 119 Å². The maximum Gasteiger partial charge on any atom is 0.253 e. The number of amides is 1. The Morgan fingerprint density at radius 2 is 2.10 bits per heavy atom. The SMILES string of the molecule is Cc1cc(C(=O)N(C)CC2(O)CCCC2)ccc1NN. The first kappa shape index (κ1) is 14.8. The number of hydrogen-bond donors (Lipinski definition) is 3. The van der Waals surface area contributed by atoms with Gasteiger partial charge in [-0.15, -0.1) is 0 Å². The molecule has 0 spiro atoms. The summed E-state index contributed by atoms with van der Waals surface area (Å²) >= 11 is 0. The van der Waals surface area contributed by atoms with Gasteiger partial charge in [0.15, 0.2) is 0 Å². The number of likely N-dealkylation sites (N-methyl/N-ethyl adjacent to an activating group) is 1. The number of rotatable bonds is 4. The molecular formula is C15H23N3O2. The molecule has 1 aromatic carbocycles. The first-order valence-electron chi connectivity index (χ1n) is 7.00. The number of hydrazine groups is 1. The van der Waals surface area contributed by atoms with Crippen LogP contribution in [0.2, 0.25) is 0 Å². The average molecular weight is 277 g/mol. The van der Waals surface area contributed by atoms with Crippen molar-refractivity contribution in [3.8, 4) is 0 Å². The summed E-state index contributed by atoms with van der Waals surface area (Å²) < 4.78 is 0. The van der Waals surface area contributed by atoms with Gasteiger partial charge < -0.3 is 15.4 Å². The molecular weight excluding hydrogens is 254 g/mol. The van der Waals surface area contributed by atoms with Crippen molar-refractivity contribution < 1.29 is 9.90 Å². The Hall–Kier alpha value is -1.59. The molecule has 1 saturated carbocycles. The predicted molar refractivity (Wildman–Crippen MR) is 79.4 cm³/mol. The van der Waals surface area contributed by atoms with Crippen molar-refractivity contribution in [3.05, 3.63) is 29.3 Å². The standard InChI is InChI=1S/C15H23N3O2/c1-11-9-12(5-6-13(11)17-16)14(19)18(2)10-15(20)7-3-4-8-15/h5-6,9,17,20H,3-4,7-8,10,16H2,1-2H3. The minimum atomic E-state index is -0.710. The summed E-state index contributed by atoms with van der Waals surface area (Å²) in [5, 5.41) is 10.4. The van der Waals surface area contributed by atoms with Crippen LogP contribution in [0.5, 0.6) is 0 Å². The second-order valence-electron chi connectivity index (χ2n) is 5.77. The molecule has 0 aliphatic heterocycles. The van der Waals surface area contributed by atoms with Crippen molar-refractivity contribution in [2.24, 2.45) is 5.84 Å². The zero-order chi connectivity index (χ0) is 14.8. The van der Waals surface area contributed by atoms with Crippen LogP contribution in [0.15, 0.2) is 18.2 Å². The van der Waals surface area contributed by atoms with Crippen molar-refractivity contribution in [2.75, 3.05) is 19.0 Å². The van der Waals surface area contributed by atoms with Crippen molar-refractivity contribution in [3.63, 3.8) is 0 Å². The van der Waals surface area contributed by atoms with E-state index in [-0.39, 0.29) is 5.91 Å². The van der Waals surface area contributed by atoms with Crippen LogP contribution in [-0.4, -0.2) is 35.1 Å². The highest BCUT2D eigenvalue weighted by molar-refractivity contribution is 5.94. The van der Waals surface area contributed by atoms with Gasteiger partial charge in [-0.2, -0.15) is 0 Å². The lowest BCUT2D eigenvalue weighted by molar-refractivity contribution is 0.0157. The largest absolute Gasteiger partial charge is 0.388 e. The van der Waals surface area contributed by atoms with Crippen LogP contribution < -0.4 is 11.3 Å². The first-order valence-corrected chi connectivity index (χ1v) is 7.00. The molecule has 110 valence electrons. The first-order chi connectivity index (χ1) is 9.45. The van der Waals surface area contributed by atoms with Gasteiger partial charge in [0.25, 0.3) is 5.91 Å². The van der Waals surface area contributed by atoms with Gasteiger partial charge in [-0.25, -0.2) is 0 Å². The van der Waals surface area contributed by atoms with E-state index in [1.165, 1.54) is 0 Å². The number of aryl methyl sites for hydroxylation is 1. The van der Waals surface area contributed by atoms with Crippen LogP contribution in [0.1, 0.15) is 41.6 Å². The van der Waals surface area contributed by atoms with Crippen molar-refractivity contribution >= 4 is 11.6 Å². The van der Waals surface area contributed by atoms with E-state index in [1.54, 1.807) is 24.1 Å². The Morgan fingerprint density at radius 3 is 2.65 bits per heavy atom. The summed E-state index contributed by atoms with van der Waals surface area (Å²) in [6, 6.07) is 5.35. The third-order valence-corrected chi connectivity index (χ3v) is 4.04. The number of benzene rings is 1. The maximum absolute atomic E-state index is 12.4. The van der Waals surface area contributed by atoms with Gasteiger partial charge in [0.05, 0.1) is 11.3 Å². The molecule has 0 heterocycles. The molecule has 0 aromatic heterocycles. The second-order valence-corrected chi connectivity index (χ2v) is 5.77. The number of aliphatic hydroxyl groups is 1. The number of carbonyl (C=O) groups excluding carboxylic acids is 1. The van der Waals surface area contributed by atoms with E-state index in [4.69, 9.17) is 5.84 Å². The summed E-state index contributed by atoms with van der Waals surface area (Å²) in [5.41, 5.74) is 4.22. The molecule has 4 N–H and O–H groups in total. The fourth-order valence-electron chi connectivity index (χ4n) is 2.88. The van der Waals surface area contributed by atoms with Gasteiger partial charge in [0.2, 0.25) is 0 Å². The number of nitrogens with two attached hydrogens (primary N) is 1. The lowest BCUT2D eigenvalue weighted by Gasteiger charge is -2.28. The Morgan fingerprint density at radius 1 is 1.45 bits per heavy atom. The van der Waals surface area contributed by atoms with Gasteiger partial charge in [-0.05, 0) is 43.5 Å². The molecule has 20 heavy (non-hydrogen) atoms. The fraction of sp³-hybridized carbons (Fsp3) is 0.533. The van der Waals surface area contributed by atoms with E-state index < -0.39 is 5.60 Å². The quantitative estimate of drug-likeness (QED) is 0.577. The highest BCUT2D eigenvalue weighted by Gasteiger charge is 2.33. The molecule has 1 aromatic rings. The fourth-order valence-corrected chi connectivity index (χ4v) is 2.88. The van der Waals surface area contributed by atoms with Crippen LogP contribution in [0, 0.1) is 6.92 Å². The molecule has 5 heteroatoms. The van der Waals surface area contributed by atoms with Gasteiger partial charge in [0, 0.05) is 19.2 Å². The minimum absolute atomic E-state index is 0.0722. The van der Waals surface area contributed by atoms with E-state index in [0.717, 1.165) is 36.9 Å². The number of anilines is 1. The molecule has 0 atom stereocenters. The van der Waals surface area contributed by atoms with E-state index >= 15 is 0 Å². The smallest absolute Gasteiger partial charge is 0.253 e. The van der Waals surface area contributed by atoms with Gasteiger partial charge >= 0.3 is 0 Å².